The summed E-state index contributed by atoms with van der Waals surface area (Å²) in [4.78, 5) is 20.6. The number of rotatable bonds is 4. The minimum absolute atomic E-state index is 0.295. The standard InChI is InChI=1S/C22H24N8/c1-18-17-27(20-7-2-4-9-23-20)13-14-28(18)22-24-15-19(16-25-22)29-11-5-3-8-21(29)30-12-6-10-26-30/h2-10,12,15-16,18H,11,13-14,17H2,1H3/t18-/m0/s1. The third kappa shape index (κ3) is 3.52. The molecular weight excluding hydrogens is 376 g/mol. The first kappa shape index (κ1) is 18.4. The molecule has 0 amide bonds. The summed E-state index contributed by atoms with van der Waals surface area (Å²) >= 11 is 0. The molecule has 8 heteroatoms. The van der Waals surface area contributed by atoms with Crippen molar-refractivity contribution in [1.82, 2.24) is 24.7 Å². The van der Waals surface area contributed by atoms with Crippen LogP contribution in [0.2, 0.25) is 0 Å². The topological polar surface area (TPSA) is 66.2 Å². The van der Waals surface area contributed by atoms with Crippen molar-refractivity contribution < 1.29 is 0 Å². The second-order valence-corrected chi connectivity index (χ2v) is 7.43. The fourth-order valence-electron chi connectivity index (χ4n) is 3.95. The van der Waals surface area contributed by atoms with Crippen LogP contribution in [0.25, 0.3) is 5.82 Å². The van der Waals surface area contributed by atoms with E-state index in [4.69, 9.17) is 9.97 Å². The van der Waals surface area contributed by atoms with Crippen molar-refractivity contribution in [2.75, 3.05) is 40.9 Å². The average Bonchev–Trinajstić information content (AvgIpc) is 3.35. The number of hydrogen-bond acceptors (Lipinski definition) is 7. The lowest BCUT2D eigenvalue weighted by Crippen LogP contribution is -2.53. The maximum absolute atomic E-state index is 4.70. The van der Waals surface area contributed by atoms with Gasteiger partial charge in [0.2, 0.25) is 5.95 Å². The van der Waals surface area contributed by atoms with Crippen molar-refractivity contribution in [3.8, 4) is 0 Å². The zero-order valence-corrected chi connectivity index (χ0v) is 16.9. The quantitative estimate of drug-likeness (QED) is 0.667. The lowest BCUT2D eigenvalue weighted by atomic mass is 10.2. The Labute approximate surface area is 175 Å². The Balaban J connectivity index is 1.31. The molecule has 0 aliphatic carbocycles. The number of hydrogen-bond donors (Lipinski definition) is 0. The number of allylic oxidation sites excluding steroid dienone is 2. The van der Waals surface area contributed by atoms with Crippen molar-refractivity contribution in [3.63, 3.8) is 0 Å². The van der Waals surface area contributed by atoms with Gasteiger partial charge in [0.15, 0.2) is 0 Å². The SMILES string of the molecule is C[C@H]1CN(c2ccccn2)CCN1c1ncc(N2CC=CC=C2n2cccn2)cn1. The third-order valence-corrected chi connectivity index (χ3v) is 5.48. The highest BCUT2D eigenvalue weighted by atomic mass is 15.4. The van der Waals surface area contributed by atoms with Crippen molar-refractivity contribution in [2.45, 2.75) is 13.0 Å². The zero-order valence-electron chi connectivity index (χ0n) is 16.9. The Morgan fingerprint density at radius 2 is 1.90 bits per heavy atom. The van der Waals surface area contributed by atoms with Crippen LogP contribution in [0.4, 0.5) is 17.5 Å². The van der Waals surface area contributed by atoms with E-state index in [9.17, 15) is 0 Å². The Bertz CT molecular complexity index is 1030. The van der Waals surface area contributed by atoms with E-state index in [0.29, 0.717) is 6.04 Å². The number of anilines is 3. The molecule has 0 N–H and O–H groups in total. The molecule has 152 valence electrons. The summed E-state index contributed by atoms with van der Waals surface area (Å²) in [7, 11) is 0. The van der Waals surface area contributed by atoms with Gasteiger partial charge in [0.05, 0.1) is 18.1 Å². The molecule has 5 rings (SSSR count). The van der Waals surface area contributed by atoms with E-state index in [1.165, 1.54) is 0 Å². The maximum Gasteiger partial charge on any atom is 0.225 e. The molecule has 1 atom stereocenters. The summed E-state index contributed by atoms with van der Waals surface area (Å²) in [5.74, 6) is 2.77. The predicted molar refractivity (Wildman–Crippen MR) is 118 cm³/mol. The monoisotopic (exact) mass is 400 g/mol. The fourth-order valence-corrected chi connectivity index (χ4v) is 3.95. The zero-order chi connectivity index (χ0) is 20.3. The fraction of sp³-hybridized carbons (Fsp3) is 0.273. The average molecular weight is 400 g/mol. The van der Waals surface area contributed by atoms with Crippen LogP contribution in [0, 0.1) is 0 Å². The van der Waals surface area contributed by atoms with Gasteiger partial charge in [-0.15, -0.1) is 0 Å². The van der Waals surface area contributed by atoms with Gasteiger partial charge in [-0.3, -0.25) is 0 Å². The molecular formula is C22H24N8. The third-order valence-electron chi connectivity index (χ3n) is 5.48. The van der Waals surface area contributed by atoms with E-state index in [0.717, 1.165) is 49.5 Å². The van der Waals surface area contributed by atoms with Gasteiger partial charge in [-0.25, -0.2) is 19.6 Å². The van der Waals surface area contributed by atoms with Crippen LogP contribution in [0.1, 0.15) is 6.92 Å². The van der Waals surface area contributed by atoms with Crippen LogP contribution in [0.5, 0.6) is 0 Å². The van der Waals surface area contributed by atoms with Gasteiger partial charge in [0, 0.05) is 50.8 Å². The summed E-state index contributed by atoms with van der Waals surface area (Å²) in [6.07, 6.45) is 15.6. The first-order chi connectivity index (χ1) is 14.8. The van der Waals surface area contributed by atoms with E-state index >= 15 is 0 Å². The molecule has 0 radical (unpaired) electrons. The summed E-state index contributed by atoms with van der Waals surface area (Å²) in [5.41, 5.74) is 0.949. The van der Waals surface area contributed by atoms with Crippen molar-refractivity contribution in [1.29, 1.82) is 0 Å². The lowest BCUT2D eigenvalue weighted by molar-refractivity contribution is 0.537. The van der Waals surface area contributed by atoms with Gasteiger partial charge in [-0.05, 0) is 31.2 Å². The molecule has 2 aliphatic heterocycles. The molecule has 0 bridgehead atoms. The predicted octanol–water partition coefficient (Wildman–Crippen LogP) is 2.66. The van der Waals surface area contributed by atoms with Crippen LogP contribution in [0.3, 0.4) is 0 Å². The molecule has 5 heterocycles. The normalized spacial score (nSPS) is 19.2. The molecule has 3 aromatic heterocycles. The van der Waals surface area contributed by atoms with Crippen LogP contribution in [-0.2, 0) is 0 Å². The van der Waals surface area contributed by atoms with Gasteiger partial charge < -0.3 is 14.7 Å². The van der Waals surface area contributed by atoms with Crippen LogP contribution in [0.15, 0.2) is 73.5 Å². The molecule has 0 saturated carbocycles. The minimum atomic E-state index is 0.295. The Hall–Kier alpha value is -3.68. The summed E-state index contributed by atoms with van der Waals surface area (Å²) in [6, 6.07) is 8.25. The van der Waals surface area contributed by atoms with Gasteiger partial charge in [0.25, 0.3) is 0 Å². The number of piperazine rings is 1. The molecule has 30 heavy (non-hydrogen) atoms. The van der Waals surface area contributed by atoms with Gasteiger partial charge in [-0.1, -0.05) is 18.2 Å². The van der Waals surface area contributed by atoms with Gasteiger partial charge >= 0.3 is 0 Å². The summed E-state index contributed by atoms with van der Waals surface area (Å²) in [6.45, 7) is 5.62. The molecule has 8 nitrogen and oxygen atoms in total. The van der Waals surface area contributed by atoms with E-state index in [-0.39, 0.29) is 0 Å². The van der Waals surface area contributed by atoms with E-state index in [1.807, 2.05) is 59.8 Å². The van der Waals surface area contributed by atoms with Crippen LogP contribution < -0.4 is 14.7 Å². The van der Waals surface area contributed by atoms with E-state index in [2.05, 4.69) is 43.8 Å². The highest BCUT2D eigenvalue weighted by Gasteiger charge is 2.26. The lowest BCUT2D eigenvalue weighted by Gasteiger charge is -2.40. The second kappa shape index (κ2) is 7.98. The van der Waals surface area contributed by atoms with Crippen molar-refractivity contribution >= 4 is 23.3 Å². The molecule has 2 aliphatic rings. The number of nitrogens with zero attached hydrogens (tertiary/aromatic N) is 8. The summed E-state index contributed by atoms with van der Waals surface area (Å²) in [5, 5.41) is 4.36. The highest BCUT2D eigenvalue weighted by Crippen LogP contribution is 2.25. The van der Waals surface area contributed by atoms with Gasteiger partial charge in [0.1, 0.15) is 11.6 Å². The highest BCUT2D eigenvalue weighted by molar-refractivity contribution is 5.70. The smallest absolute Gasteiger partial charge is 0.225 e. The molecule has 1 fully saturated rings. The van der Waals surface area contributed by atoms with Crippen LogP contribution in [-0.4, -0.2) is 57.0 Å². The maximum atomic E-state index is 4.70. The Kier molecular flexibility index (Phi) is 4.88. The molecule has 0 aromatic carbocycles. The van der Waals surface area contributed by atoms with Crippen LogP contribution >= 0.6 is 0 Å². The summed E-state index contributed by atoms with van der Waals surface area (Å²) < 4.78 is 1.86. The number of pyridine rings is 1. The Morgan fingerprint density at radius 3 is 2.63 bits per heavy atom. The van der Waals surface area contributed by atoms with Gasteiger partial charge in [-0.2, -0.15) is 5.10 Å². The minimum Gasteiger partial charge on any atom is -0.353 e. The molecule has 0 unspecified atom stereocenters. The van der Waals surface area contributed by atoms with E-state index in [1.54, 1.807) is 6.20 Å². The van der Waals surface area contributed by atoms with Crippen molar-refractivity contribution in [2.24, 2.45) is 0 Å². The second-order valence-electron chi connectivity index (χ2n) is 7.43. The largest absolute Gasteiger partial charge is 0.353 e. The first-order valence-corrected chi connectivity index (χ1v) is 10.2. The number of aromatic nitrogens is 5. The first-order valence-electron chi connectivity index (χ1n) is 10.2. The Morgan fingerprint density at radius 1 is 1.00 bits per heavy atom. The molecule has 0 spiro atoms. The van der Waals surface area contributed by atoms with Crippen molar-refractivity contribution in [3.05, 3.63) is 73.5 Å². The molecule has 3 aromatic rings. The van der Waals surface area contributed by atoms with E-state index < -0.39 is 0 Å². The molecule has 1 saturated heterocycles.